The number of Topliss-reactive ketones (excluding diaryl/α,β-unsaturated/α-hetero) is 1. The zero-order valence-corrected chi connectivity index (χ0v) is 22.9. The van der Waals surface area contributed by atoms with E-state index in [4.69, 9.17) is 9.15 Å². The molecule has 0 saturated heterocycles. The lowest BCUT2D eigenvalue weighted by atomic mass is 9.49. The molecule has 0 bridgehead atoms. The van der Waals surface area contributed by atoms with E-state index in [1.54, 1.807) is 13.2 Å². The maximum Gasteiger partial charge on any atom is 0.311 e. The molecule has 0 spiro atoms. The van der Waals surface area contributed by atoms with Crippen LogP contribution in [0, 0.1) is 16.7 Å². The molecular weight excluding hydrogens is 480 g/mol. The number of fused-ring (bicyclic) bond motifs is 2. The molecular formula is C32H36O6. The summed E-state index contributed by atoms with van der Waals surface area (Å²) in [5, 5.41) is 10.4. The number of hydrogen-bond acceptors (Lipinski definition) is 6. The van der Waals surface area contributed by atoms with E-state index in [1.807, 2.05) is 6.07 Å². The third kappa shape index (κ3) is 3.96. The number of carbonyl (C=O) groups is 3. The fraction of sp³-hybridized carbons (Fsp3) is 0.469. The fourth-order valence-corrected chi connectivity index (χ4v) is 7.67. The number of rotatable bonds is 5. The van der Waals surface area contributed by atoms with E-state index in [0.717, 1.165) is 44.1 Å². The van der Waals surface area contributed by atoms with Gasteiger partial charge in [-0.05, 0) is 100 Å². The number of ketones is 2. The van der Waals surface area contributed by atoms with Gasteiger partial charge in [0.05, 0.1) is 18.8 Å². The van der Waals surface area contributed by atoms with Crippen LogP contribution in [0.25, 0.3) is 11.3 Å². The summed E-state index contributed by atoms with van der Waals surface area (Å²) >= 11 is 0. The number of methoxy groups -OCH3 is 1. The highest BCUT2D eigenvalue weighted by atomic mass is 16.5. The van der Waals surface area contributed by atoms with E-state index in [1.165, 1.54) is 36.5 Å². The number of phenolic OH excluding ortho intramolecular Hbond substituents is 1. The van der Waals surface area contributed by atoms with E-state index >= 15 is 0 Å². The Kier molecular flexibility index (Phi) is 6.49. The first-order chi connectivity index (χ1) is 18.0. The molecule has 38 heavy (non-hydrogen) atoms. The topological polar surface area (TPSA) is 93.8 Å². The molecule has 1 heterocycles. The Balaban J connectivity index is 1.49. The van der Waals surface area contributed by atoms with Crippen LogP contribution in [-0.4, -0.2) is 29.8 Å². The maximum absolute atomic E-state index is 13.0. The summed E-state index contributed by atoms with van der Waals surface area (Å²) in [6.45, 7) is 8.21. The van der Waals surface area contributed by atoms with Gasteiger partial charge in [-0.3, -0.25) is 14.4 Å². The van der Waals surface area contributed by atoms with Crippen molar-refractivity contribution in [1.82, 2.24) is 0 Å². The van der Waals surface area contributed by atoms with Gasteiger partial charge in [0.1, 0.15) is 11.5 Å². The predicted octanol–water partition coefficient (Wildman–Crippen LogP) is 7.01. The SMILES string of the molecule is COC(=O)[C@@]1(C)CCC[C@]2(C)C(CCc3ccoc3-c3cc(O)cc4c3C(=O)C=C(C)C4=O)=C(C)CC[C@@H]12. The van der Waals surface area contributed by atoms with Crippen LogP contribution in [0.3, 0.4) is 0 Å². The smallest absolute Gasteiger partial charge is 0.311 e. The van der Waals surface area contributed by atoms with E-state index in [2.05, 4.69) is 20.8 Å². The van der Waals surface area contributed by atoms with Crippen LogP contribution >= 0.6 is 0 Å². The fourth-order valence-electron chi connectivity index (χ4n) is 7.67. The molecule has 1 N–H and O–H groups in total. The van der Waals surface area contributed by atoms with Crippen molar-refractivity contribution >= 4 is 17.5 Å². The molecule has 1 fully saturated rings. The van der Waals surface area contributed by atoms with Crippen LogP contribution in [0.1, 0.15) is 92.5 Å². The van der Waals surface area contributed by atoms with E-state index in [9.17, 15) is 19.5 Å². The summed E-state index contributed by atoms with van der Waals surface area (Å²) < 4.78 is 11.2. The average Bonchev–Trinajstić information content (AvgIpc) is 3.34. The number of ether oxygens (including phenoxy) is 1. The van der Waals surface area contributed by atoms with Crippen LogP contribution in [0.2, 0.25) is 0 Å². The van der Waals surface area contributed by atoms with Crippen LogP contribution in [0.4, 0.5) is 0 Å². The van der Waals surface area contributed by atoms with Gasteiger partial charge in [0.25, 0.3) is 0 Å². The lowest BCUT2D eigenvalue weighted by Crippen LogP contribution is -2.50. The van der Waals surface area contributed by atoms with Crippen molar-refractivity contribution < 1.29 is 28.6 Å². The minimum absolute atomic E-state index is 0.0811. The number of hydrogen-bond donors (Lipinski definition) is 1. The monoisotopic (exact) mass is 516 g/mol. The number of allylic oxidation sites excluding steroid dienone is 4. The Morgan fingerprint density at radius 3 is 2.61 bits per heavy atom. The van der Waals surface area contributed by atoms with Crippen molar-refractivity contribution in [3.63, 3.8) is 0 Å². The van der Waals surface area contributed by atoms with Crippen molar-refractivity contribution in [3.8, 4) is 17.1 Å². The molecule has 0 amide bonds. The number of phenols is 1. The summed E-state index contributed by atoms with van der Waals surface area (Å²) in [6.07, 6.45) is 9.23. The zero-order chi connectivity index (χ0) is 27.4. The Labute approximate surface area is 223 Å². The molecule has 1 aromatic carbocycles. The van der Waals surface area contributed by atoms with Crippen LogP contribution in [0.5, 0.6) is 5.75 Å². The van der Waals surface area contributed by atoms with Gasteiger partial charge >= 0.3 is 5.97 Å². The van der Waals surface area contributed by atoms with Gasteiger partial charge in [0.2, 0.25) is 0 Å². The summed E-state index contributed by atoms with van der Waals surface area (Å²) in [6, 6.07) is 4.77. The van der Waals surface area contributed by atoms with E-state index in [-0.39, 0.29) is 45.7 Å². The van der Waals surface area contributed by atoms with Gasteiger partial charge in [0.15, 0.2) is 11.6 Å². The predicted molar refractivity (Wildman–Crippen MR) is 144 cm³/mol. The summed E-state index contributed by atoms with van der Waals surface area (Å²) in [5.41, 5.74) is 4.40. The summed E-state index contributed by atoms with van der Waals surface area (Å²) in [4.78, 5) is 38.7. The number of furan rings is 1. The second-order valence-corrected chi connectivity index (χ2v) is 11.7. The lowest BCUT2D eigenvalue weighted by molar-refractivity contribution is -0.163. The van der Waals surface area contributed by atoms with E-state index < -0.39 is 5.41 Å². The second-order valence-electron chi connectivity index (χ2n) is 11.7. The summed E-state index contributed by atoms with van der Waals surface area (Å²) in [7, 11) is 1.49. The van der Waals surface area contributed by atoms with Gasteiger partial charge in [-0.2, -0.15) is 0 Å². The van der Waals surface area contributed by atoms with Gasteiger partial charge < -0.3 is 14.3 Å². The van der Waals surface area contributed by atoms with Gasteiger partial charge in [0, 0.05) is 22.3 Å². The van der Waals surface area contributed by atoms with Gasteiger partial charge in [-0.15, -0.1) is 0 Å². The molecule has 200 valence electrons. The summed E-state index contributed by atoms with van der Waals surface area (Å²) in [5.74, 6) is 0.00211. The normalized spacial score (nSPS) is 27.1. The number of aryl methyl sites for hydroxylation is 1. The lowest BCUT2D eigenvalue weighted by Gasteiger charge is -2.54. The van der Waals surface area contributed by atoms with Crippen molar-refractivity contribution in [3.05, 3.63) is 63.9 Å². The Bertz CT molecular complexity index is 1400. The first kappa shape index (κ1) is 26.2. The highest BCUT2D eigenvalue weighted by molar-refractivity contribution is 6.26. The van der Waals surface area contributed by atoms with Crippen LogP contribution in [-0.2, 0) is 16.0 Å². The minimum Gasteiger partial charge on any atom is -0.508 e. The molecule has 1 aromatic heterocycles. The molecule has 1 saturated carbocycles. The number of esters is 1. The molecule has 2 aromatic rings. The minimum atomic E-state index is -0.492. The number of aromatic hydroxyl groups is 1. The van der Waals surface area contributed by atoms with Crippen LogP contribution in [0.15, 0.2) is 51.7 Å². The highest BCUT2D eigenvalue weighted by Crippen LogP contribution is 2.60. The standard InChI is InChI=1S/C32H36O6/c1-18-7-10-26-31(3,12-6-13-32(26,4)30(36)37-5)24(18)9-8-20-11-14-38-29(20)23-17-21(33)16-22-27(23)25(34)15-19(2)28(22)35/h11,14-17,26,33H,6-10,12-13H2,1-5H3/t26-,31-,32+/m1/s1. The Morgan fingerprint density at radius 2 is 1.87 bits per heavy atom. The molecule has 6 nitrogen and oxygen atoms in total. The molecule has 5 rings (SSSR count). The number of carbonyl (C=O) groups excluding carboxylic acids is 3. The third-order valence-electron chi connectivity index (χ3n) is 9.55. The molecule has 6 heteroatoms. The van der Waals surface area contributed by atoms with Crippen molar-refractivity contribution in [2.75, 3.05) is 7.11 Å². The highest BCUT2D eigenvalue weighted by Gasteiger charge is 2.55. The molecule has 3 aliphatic carbocycles. The van der Waals surface area contributed by atoms with Crippen molar-refractivity contribution in [2.24, 2.45) is 16.7 Å². The van der Waals surface area contributed by atoms with Crippen LogP contribution < -0.4 is 0 Å². The molecule has 3 aliphatic rings. The molecule has 0 aliphatic heterocycles. The molecule has 0 radical (unpaired) electrons. The Morgan fingerprint density at radius 1 is 1.13 bits per heavy atom. The van der Waals surface area contributed by atoms with Crippen molar-refractivity contribution in [2.45, 2.75) is 72.6 Å². The van der Waals surface area contributed by atoms with E-state index in [0.29, 0.717) is 23.3 Å². The first-order valence-corrected chi connectivity index (χ1v) is 13.5. The molecule has 3 atom stereocenters. The second kappa shape index (κ2) is 9.40. The Hall–Kier alpha value is -3.41. The quantitative estimate of drug-likeness (QED) is 0.339. The zero-order valence-electron chi connectivity index (χ0n) is 22.9. The first-order valence-electron chi connectivity index (χ1n) is 13.5. The molecule has 0 unspecified atom stereocenters. The van der Waals surface area contributed by atoms with Gasteiger partial charge in [-0.1, -0.05) is 24.5 Å². The average molecular weight is 517 g/mol. The third-order valence-corrected chi connectivity index (χ3v) is 9.55. The largest absolute Gasteiger partial charge is 0.508 e. The van der Waals surface area contributed by atoms with Crippen molar-refractivity contribution in [1.29, 1.82) is 0 Å². The number of benzene rings is 1. The van der Waals surface area contributed by atoms with Gasteiger partial charge in [-0.25, -0.2) is 0 Å². The maximum atomic E-state index is 13.0.